The van der Waals surface area contributed by atoms with Crippen LogP contribution in [0.4, 0.5) is 0 Å². The Kier molecular flexibility index (Phi) is 4.18. The van der Waals surface area contributed by atoms with Gasteiger partial charge in [-0.25, -0.2) is 0 Å². The minimum atomic E-state index is 0.0759. The predicted molar refractivity (Wildman–Crippen MR) is 69.1 cm³/mol. The molecule has 1 fully saturated rings. The highest BCUT2D eigenvalue weighted by atomic mass is 35.5. The third-order valence-electron chi connectivity index (χ3n) is 1.47. The smallest absolute Gasteiger partial charge is 0.0778 e. The van der Waals surface area contributed by atoms with Crippen LogP contribution >= 0.6 is 51.3 Å². The highest BCUT2D eigenvalue weighted by Crippen LogP contribution is 2.75. The van der Waals surface area contributed by atoms with Crippen LogP contribution < -0.4 is 0 Å². The van der Waals surface area contributed by atoms with Crippen LogP contribution in [0.25, 0.3) is 0 Å². The quantitative estimate of drug-likeness (QED) is 0.681. The Morgan fingerprint density at radius 2 is 1.77 bits per heavy atom. The molecule has 0 unspecified atom stereocenters. The largest absolute Gasteiger partial charge is 0.111 e. The minimum absolute atomic E-state index is 0.0759. The number of rotatable bonds is 2. The summed E-state index contributed by atoms with van der Waals surface area (Å²) in [6.07, 6.45) is 0. The molecule has 0 spiro atoms. The van der Waals surface area contributed by atoms with E-state index in [1.165, 1.54) is 16.4 Å². The summed E-state index contributed by atoms with van der Waals surface area (Å²) < 4.78 is 0. The molecule has 0 N–H and O–H groups in total. The lowest BCUT2D eigenvalue weighted by Gasteiger charge is -2.06. The van der Waals surface area contributed by atoms with Crippen LogP contribution in [0.3, 0.4) is 0 Å². The van der Waals surface area contributed by atoms with Crippen LogP contribution in [0, 0.1) is 0 Å². The molecular weight excluding hydrogens is 259 g/mol. The summed E-state index contributed by atoms with van der Waals surface area (Å²) in [5.74, 6) is 2.63. The van der Waals surface area contributed by atoms with Crippen LogP contribution in [0.15, 0.2) is 29.2 Å². The Labute approximate surface area is 96.6 Å². The van der Waals surface area contributed by atoms with Crippen molar-refractivity contribution in [2.45, 2.75) is 4.90 Å². The Morgan fingerprint density at radius 1 is 1.15 bits per heavy atom. The molecule has 2 rings (SSSR count). The standard InChI is InChI=1S/C8H8ClPS3/c9-7-1-3-8(4-2-7)13-10-11-5-6-12-10/h1-4H,5-6H2. The molecule has 0 atom stereocenters. The molecule has 0 amide bonds. The zero-order chi connectivity index (χ0) is 9.10. The molecule has 5 heteroatoms. The van der Waals surface area contributed by atoms with Gasteiger partial charge < -0.3 is 0 Å². The Morgan fingerprint density at radius 3 is 2.38 bits per heavy atom. The Balaban J connectivity index is 1.97. The molecule has 1 aromatic rings. The van der Waals surface area contributed by atoms with Gasteiger partial charge in [-0.2, -0.15) is 0 Å². The van der Waals surface area contributed by atoms with Crippen molar-refractivity contribution < 1.29 is 0 Å². The second-order valence-corrected chi connectivity index (χ2v) is 12.8. The van der Waals surface area contributed by atoms with Gasteiger partial charge in [0.1, 0.15) is 0 Å². The predicted octanol–water partition coefficient (Wildman–Crippen LogP) is 5.14. The lowest BCUT2D eigenvalue weighted by molar-refractivity contribution is 1.48. The normalized spacial score (nSPS) is 17.9. The molecule has 0 saturated carbocycles. The van der Waals surface area contributed by atoms with Gasteiger partial charge in [0, 0.05) is 21.4 Å². The second-order valence-electron chi connectivity index (χ2n) is 2.44. The second kappa shape index (κ2) is 5.18. The maximum atomic E-state index is 5.81. The first kappa shape index (κ1) is 10.5. The summed E-state index contributed by atoms with van der Waals surface area (Å²) in [6.45, 7) is 0. The van der Waals surface area contributed by atoms with Crippen LogP contribution in [0.5, 0.6) is 0 Å². The van der Waals surface area contributed by atoms with E-state index in [0.29, 0.717) is 0 Å². The van der Waals surface area contributed by atoms with Gasteiger partial charge in [-0.1, -0.05) is 23.0 Å². The van der Waals surface area contributed by atoms with Crippen molar-refractivity contribution in [3.63, 3.8) is 0 Å². The number of hydrogen-bond acceptors (Lipinski definition) is 3. The summed E-state index contributed by atoms with van der Waals surface area (Å²) in [4.78, 5) is 1.34. The average Bonchev–Trinajstić information content (AvgIpc) is 2.62. The van der Waals surface area contributed by atoms with Gasteiger partial charge >= 0.3 is 0 Å². The summed E-state index contributed by atoms with van der Waals surface area (Å²) >= 11 is 12.0. The van der Waals surface area contributed by atoms with Crippen LogP contribution in [-0.2, 0) is 0 Å². The van der Waals surface area contributed by atoms with Crippen molar-refractivity contribution in [1.82, 2.24) is 0 Å². The molecule has 70 valence electrons. The maximum absolute atomic E-state index is 5.81. The monoisotopic (exact) mass is 266 g/mol. The summed E-state index contributed by atoms with van der Waals surface area (Å²) in [7, 11) is 0. The van der Waals surface area contributed by atoms with E-state index in [4.69, 9.17) is 11.6 Å². The van der Waals surface area contributed by atoms with Gasteiger partial charge in [-0.05, 0) is 24.3 Å². The van der Waals surface area contributed by atoms with Gasteiger partial charge in [0.05, 0.1) is 5.53 Å². The van der Waals surface area contributed by atoms with E-state index in [9.17, 15) is 0 Å². The van der Waals surface area contributed by atoms with E-state index in [1.54, 1.807) is 0 Å². The van der Waals surface area contributed by atoms with Gasteiger partial charge in [0.15, 0.2) is 0 Å². The molecule has 0 aromatic heterocycles. The molecule has 1 saturated heterocycles. The fourth-order valence-electron chi connectivity index (χ4n) is 0.895. The van der Waals surface area contributed by atoms with Crippen LogP contribution in [0.1, 0.15) is 0 Å². The average molecular weight is 267 g/mol. The lowest BCUT2D eigenvalue weighted by atomic mass is 10.4. The molecule has 1 aliphatic rings. The van der Waals surface area contributed by atoms with E-state index in [1.807, 2.05) is 23.5 Å². The SMILES string of the molecule is Clc1ccc(SP2SCCS2)cc1. The summed E-state index contributed by atoms with van der Waals surface area (Å²) in [6, 6.07) is 8.14. The van der Waals surface area contributed by atoms with E-state index in [0.717, 1.165) is 5.02 Å². The first-order chi connectivity index (χ1) is 6.34. The maximum Gasteiger partial charge on any atom is 0.0778 e. The van der Waals surface area contributed by atoms with Gasteiger partial charge in [0.25, 0.3) is 0 Å². The van der Waals surface area contributed by atoms with Gasteiger partial charge in [0.2, 0.25) is 0 Å². The first-order valence-electron chi connectivity index (χ1n) is 3.84. The molecule has 1 aromatic carbocycles. The van der Waals surface area contributed by atoms with Crippen molar-refractivity contribution >= 4 is 51.3 Å². The fraction of sp³-hybridized carbons (Fsp3) is 0.250. The molecule has 1 heterocycles. The minimum Gasteiger partial charge on any atom is -0.111 e. The Hall–Kier alpha value is 0.990. The third-order valence-corrected chi connectivity index (χ3v) is 12.4. The molecule has 0 nitrogen and oxygen atoms in total. The van der Waals surface area contributed by atoms with E-state index in [-0.39, 0.29) is 5.53 Å². The number of benzene rings is 1. The number of hydrogen-bond donors (Lipinski definition) is 0. The zero-order valence-corrected chi connectivity index (χ0v) is 10.9. The summed E-state index contributed by atoms with van der Waals surface area (Å²) in [5, 5.41) is 0.823. The van der Waals surface area contributed by atoms with E-state index in [2.05, 4.69) is 34.9 Å². The molecule has 1 aliphatic heterocycles. The van der Waals surface area contributed by atoms with Crippen molar-refractivity contribution in [3.05, 3.63) is 29.3 Å². The van der Waals surface area contributed by atoms with Crippen molar-refractivity contribution in [1.29, 1.82) is 0 Å². The molecule has 0 radical (unpaired) electrons. The van der Waals surface area contributed by atoms with E-state index >= 15 is 0 Å². The van der Waals surface area contributed by atoms with Crippen molar-refractivity contribution in [2.75, 3.05) is 11.5 Å². The molecule has 0 bridgehead atoms. The first-order valence-corrected chi connectivity index (χ1v) is 10.2. The Bertz CT molecular complexity index is 271. The molecule has 0 aliphatic carbocycles. The van der Waals surface area contributed by atoms with E-state index < -0.39 is 0 Å². The summed E-state index contributed by atoms with van der Waals surface area (Å²) in [5.41, 5.74) is 0.0759. The molecule has 13 heavy (non-hydrogen) atoms. The van der Waals surface area contributed by atoms with Crippen molar-refractivity contribution in [2.24, 2.45) is 0 Å². The third kappa shape index (κ3) is 3.24. The highest BCUT2D eigenvalue weighted by Gasteiger charge is 2.17. The van der Waals surface area contributed by atoms with Gasteiger partial charge in [-0.15, -0.1) is 22.8 Å². The van der Waals surface area contributed by atoms with Crippen LogP contribution in [-0.4, -0.2) is 11.5 Å². The molecular formula is C8H8ClPS3. The number of halogens is 1. The topological polar surface area (TPSA) is 0 Å². The fourth-order valence-corrected chi connectivity index (χ4v) is 12.0. The zero-order valence-electron chi connectivity index (χ0n) is 6.77. The highest BCUT2D eigenvalue weighted by molar-refractivity contribution is 9.13. The van der Waals surface area contributed by atoms with Gasteiger partial charge in [-0.3, -0.25) is 0 Å². The van der Waals surface area contributed by atoms with Crippen molar-refractivity contribution in [3.8, 4) is 0 Å². The lowest BCUT2D eigenvalue weighted by Crippen LogP contribution is -1.66. The van der Waals surface area contributed by atoms with Crippen LogP contribution in [0.2, 0.25) is 5.02 Å².